The van der Waals surface area contributed by atoms with Gasteiger partial charge in [-0.15, -0.1) is 12.6 Å². The summed E-state index contributed by atoms with van der Waals surface area (Å²) < 4.78 is 12.1. The molecule has 0 fully saturated rings. The van der Waals surface area contributed by atoms with Gasteiger partial charge in [0.1, 0.15) is 5.82 Å². The molecule has 2 aromatic rings. The molecule has 0 saturated heterocycles. The van der Waals surface area contributed by atoms with Gasteiger partial charge in [-0.2, -0.15) is 0 Å². The number of hydrogen-bond donors (Lipinski definition) is 1. The van der Waals surface area contributed by atoms with E-state index in [1.807, 2.05) is 37.3 Å². The SMILES string of the molecule is Cc1ccc(F)cc1.Sc1ccccc1. The largest absolute Gasteiger partial charge is 0.207 e. The third-order valence-corrected chi connectivity index (χ3v) is 2.07. The molecule has 0 aliphatic rings. The van der Waals surface area contributed by atoms with E-state index in [1.165, 1.54) is 12.1 Å². The summed E-state index contributed by atoms with van der Waals surface area (Å²) in [6.45, 7) is 1.93. The number of benzene rings is 2. The summed E-state index contributed by atoms with van der Waals surface area (Å²) in [6.07, 6.45) is 0. The van der Waals surface area contributed by atoms with E-state index >= 15 is 0 Å². The summed E-state index contributed by atoms with van der Waals surface area (Å²) in [6, 6.07) is 16.2. The summed E-state index contributed by atoms with van der Waals surface area (Å²) in [4.78, 5) is 1.02. The zero-order chi connectivity index (χ0) is 11.1. The Hall–Kier alpha value is -1.28. The van der Waals surface area contributed by atoms with Crippen LogP contribution >= 0.6 is 12.6 Å². The highest BCUT2D eigenvalue weighted by atomic mass is 32.1. The standard InChI is InChI=1S/C7H7F.C6H6S/c1-6-2-4-7(8)5-3-6;7-6-4-2-1-3-5-6/h2-5H,1H3;1-5,7H. The third-order valence-electron chi connectivity index (χ3n) is 1.77. The van der Waals surface area contributed by atoms with Crippen molar-refractivity contribution >= 4 is 12.6 Å². The molecular weight excluding hydrogens is 207 g/mol. The lowest BCUT2D eigenvalue weighted by Crippen LogP contribution is -1.71. The second kappa shape index (κ2) is 6.25. The maximum Gasteiger partial charge on any atom is 0.123 e. The molecule has 0 nitrogen and oxygen atoms in total. The molecule has 0 unspecified atom stereocenters. The topological polar surface area (TPSA) is 0 Å². The Labute approximate surface area is 95.2 Å². The van der Waals surface area contributed by atoms with E-state index in [0.29, 0.717) is 0 Å². The van der Waals surface area contributed by atoms with E-state index < -0.39 is 0 Å². The normalized spacial score (nSPS) is 9.00. The van der Waals surface area contributed by atoms with Crippen LogP contribution in [0, 0.1) is 12.7 Å². The quantitative estimate of drug-likeness (QED) is 0.635. The Balaban J connectivity index is 0.000000151. The molecule has 0 aliphatic carbocycles. The number of rotatable bonds is 0. The lowest BCUT2D eigenvalue weighted by Gasteiger charge is -1.87. The van der Waals surface area contributed by atoms with Gasteiger partial charge in [0.25, 0.3) is 0 Å². The highest BCUT2D eigenvalue weighted by Crippen LogP contribution is 2.01. The van der Waals surface area contributed by atoms with E-state index in [0.717, 1.165) is 10.5 Å². The molecule has 0 bridgehead atoms. The van der Waals surface area contributed by atoms with Crippen molar-refractivity contribution in [1.29, 1.82) is 0 Å². The smallest absolute Gasteiger partial charge is 0.123 e. The number of hydrogen-bond acceptors (Lipinski definition) is 1. The molecule has 0 aliphatic heterocycles. The van der Waals surface area contributed by atoms with E-state index in [1.54, 1.807) is 12.1 Å². The molecule has 0 radical (unpaired) electrons. The highest BCUT2D eigenvalue weighted by molar-refractivity contribution is 7.80. The molecule has 0 heterocycles. The summed E-state index contributed by atoms with van der Waals surface area (Å²) in [7, 11) is 0. The molecule has 2 heteroatoms. The van der Waals surface area contributed by atoms with E-state index in [4.69, 9.17) is 0 Å². The third kappa shape index (κ3) is 5.23. The summed E-state index contributed by atoms with van der Waals surface area (Å²) in [5.41, 5.74) is 1.09. The number of halogens is 1. The molecule has 78 valence electrons. The lowest BCUT2D eigenvalue weighted by atomic mass is 10.2. The Kier molecular flexibility index (Phi) is 4.91. The number of thiol groups is 1. The fourth-order valence-corrected chi connectivity index (χ4v) is 1.13. The van der Waals surface area contributed by atoms with Gasteiger partial charge in [-0.3, -0.25) is 0 Å². The molecule has 0 spiro atoms. The van der Waals surface area contributed by atoms with Crippen molar-refractivity contribution in [3.63, 3.8) is 0 Å². The molecular formula is C13H13FS. The summed E-state index contributed by atoms with van der Waals surface area (Å²) >= 11 is 4.08. The van der Waals surface area contributed by atoms with Crippen molar-refractivity contribution in [2.24, 2.45) is 0 Å². The average Bonchev–Trinajstić information content (AvgIpc) is 2.25. The van der Waals surface area contributed by atoms with Gasteiger partial charge in [0.2, 0.25) is 0 Å². The second-order valence-corrected chi connectivity index (χ2v) is 3.65. The van der Waals surface area contributed by atoms with Crippen LogP contribution in [0.5, 0.6) is 0 Å². The van der Waals surface area contributed by atoms with Crippen molar-refractivity contribution < 1.29 is 4.39 Å². The first-order valence-electron chi connectivity index (χ1n) is 4.64. The van der Waals surface area contributed by atoms with Crippen LogP contribution in [0.4, 0.5) is 4.39 Å². The van der Waals surface area contributed by atoms with Crippen LogP contribution in [-0.4, -0.2) is 0 Å². The first kappa shape index (κ1) is 11.8. The van der Waals surface area contributed by atoms with Gasteiger partial charge in [0.05, 0.1) is 0 Å². The van der Waals surface area contributed by atoms with Gasteiger partial charge in [0.15, 0.2) is 0 Å². The van der Waals surface area contributed by atoms with Crippen LogP contribution in [0.2, 0.25) is 0 Å². The summed E-state index contributed by atoms with van der Waals surface area (Å²) in [5, 5.41) is 0. The maximum absolute atomic E-state index is 12.1. The highest BCUT2D eigenvalue weighted by Gasteiger charge is 1.83. The predicted molar refractivity (Wildman–Crippen MR) is 64.8 cm³/mol. The van der Waals surface area contributed by atoms with Gasteiger partial charge in [0, 0.05) is 4.90 Å². The Morgan fingerprint density at radius 1 is 0.867 bits per heavy atom. The van der Waals surface area contributed by atoms with E-state index in [9.17, 15) is 4.39 Å². The number of aryl methyl sites for hydroxylation is 1. The van der Waals surface area contributed by atoms with E-state index in [2.05, 4.69) is 12.6 Å². The lowest BCUT2D eigenvalue weighted by molar-refractivity contribution is 0.627. The molecule has 2 rings (SSSR count). The van der Waals surface area contributed by atoms with Crippen LogP contribution in [0.1, 0.15) is 5.56 Å². The van der Waals surface area contributed by atoms with Crippen molar-refractivity contribution in [1.82, 2.24) is 0 Å². The monoisotopic (exact) mass is 220 g/mol. The fourth-order valence-electron chi connectivity index (χ4n) is 0.961. The van der Waals surface area contributed by atoms with E-state index in [-0.39, 0.29) is 5.82 Å². The summed E-state index contributed by atoms with van der Waals surface area (Å²) in [5.74, 6) is -0.171. The molecule has 15 heavy (non-hydrogen) atoms. The first-order valence-corrected chi connectivity index (χ1v) is 5.09. The van der Waals surface area contributed by atoms with Crippen molar-refractivity contribution in [3.05, 3.63) is 66.0 Å². The zero-order valence-electron chi connectivity index (χ0n) is 8.52. The Morgan fingerprint density at radius 3 is 1.73 bits per heavy atom. The Bertz CT molecular complexity index is 360. The van der Waals surface area contributed by atoms with Crippen molar-refractivity contribution in [3.8, 4) is 0 Å². The Morgan fingerprint density at radius 2 is 1.40 bits per heavy atom. The fraction of sp³-hybridized carbons (Fsp3) is 0.0769. The molecule has 0 saturated carbocycles. The van der Waals surface area contributed by atoms with Crippen LogP contribution < -0.4 is 0 Å². The first-order chi connectivity index (χ1) is 7.18. The maximum atomic E-state index is 12.1. The van der Waals surface area contributed by atoms with Crippen LogP contribution in [0.25, 0.3) is 0 Å². The van der Waals surface area contributed by atoms with Gasteiger partial charge in [-0.05, 0) is 31.2 Å². The predicted octanol–water partition coefficient (Wildman–Crippen LogP) is 4.11. The van der Waals surface area contributed by atoms with Gasteiger partial charge < -0.3 is 0 Å². The molecule has 0 atom stereocenters. The van der Waals surface area contributed by atoms with Crippen molar-refractivity contribution in [2.45, 2.75) is 11.8 Å². The molecule has 2 aromatic carbocycles. The van der Waals surface area contributed by atoms with Gasteiger partial charge in [-0.25, -0.2) is 4.39 Å². The molecule has 0 amide bonds. The van der Waals surface area contributed by atoms with Gasteiger partial charge >= 0.3 is 0 Å². The van der Waals surface area contributed by atoms with Gasteiger partial charge in [-0.1, -0.05) is 35.9 Å². The van der Waals surface area contributed by atoms with Crippen LogP contribution in [-0.2, 0) is 0 Å². The zero-order valence-corrected chi connectivity index (χ0v) is 9.42. The second-order valence-electron chi connectivity index (χ2n) is 3.13. The minimum atomic E-state index is -0.171. The molecule has 0 aromatic heterocycles. The minimum absolute atomic E-state index is 0.171. The van der Waals surface area contributed by atoms with Crippen LogP contribution in [0.15, 0.2) is 59.5 Å². The van der Waals surface area contributed by atoms with Crippen LogP contribution in [0.3, 0.4) is 0 Å². The van der Waals surface area contributed by atoms with Crippen molar-refractivity contribution in [2.75, 3.05) is 0 Å². The molecule has 0 N–H and O–H groups in total. The minimum Gasteiger partial charge on any atom is -0.207 e. The average molecular weight is 220 g/mol.